The highest BCUT2D eigenvalue weighted by Crippen LogP contribution is 2.32. The first-order valence-corrected chi connectivity index (χ1v) is 8.79. The van der Waals surface area contributed by atoms with Gasteiger partial charge in [-0.3, -0.25) is 4.79 Å². The van der Waals surface area contributed by atoms with E-state index in [4.69, 9.17) is 9.47 Å². The third kappa shape index (κ3) is 4.78. The number of hydrogen-bond acceptors (Lipinski definition) is 5. The number of Topliss-reactive ketones (excluding diaryl/α,β-unsaturated/α-hetero) is 1. The third-order valence-electron chi connectivity index (χ3n) is 3.85. The molecule has 128 valence electrons. The van der Waals surface area contributed by atoms with Crippen LogP contribution in [-0.2, 0) is 15.9 Å². The van der Waals surface area contributed by atoms with Gasteiger partial charge in [0, 0.05) is 36.1 Å². The monoisotopic (exact) mass is 339 g/mol. The van der Waals surface area contributed by atoms with Crippen molar-refractivity contribution in [3.8, 4) is 0 Å². The minimum atomic E-state index is -0.563. The van der Waals surface area contributed by atoms with E-state index in [9.17, 15) is 9.59 Å². The Balaban J connectivity index is 2.09. The number of thiophene rings is 1. The summed E-state index contributed by atoms with van der Waals surface area (Å²) in [7, 11) is 1.62. The summed E-state index contributed by atoms with van der Waals surface area (Å²) < 4.78 is 10.5. The third-order valence-corrected chi connectivity index (χ3v) is 4.83. The largest absolute Gasteiger partial charge is 0.444 e. The van der Waals surface area contributed by atoms with Crippen molar-refractivity contribution in [1.82, 2.24) is 5.32 Å². The van der Waals surface area contributed by atoms with Gasteiger partial charge in [0.1, 0.15) is 5.60 Å². The molecule has 1 aromatic heterocycles. The molecule has 1 amide bonds. The molecule has 1 aromatic rings. The number of nitrogens with one attached hydrogen (secondary N) is 1. The van der Waals surface area contributed by atoms with Crippen molar-refractivity contribution in [2.75, 3.05) is 13.7 Å². The average molecular weight is 339 g/mol. The molecule has 0 radical (unpaired) electrons. The molecule has 1 heterocycles. The quantitative estimate of drug-likeness (QED) is 0.893. The number of aryl methyl sites for hydroxylation is 1. The van der Waals surface area contributed by atoms with Crippen LogP contribution in [0.3, 0.4) is 0 Å². The Morgan fingerprint density at radius 2 is 2.22 bits per heavy atom. The SMILES string of the molecule is COCCC(NC(=O)OC(C)(C)C)C1CCc2sccc2C1=O. The minimum absolute atomic E-state index is 0.115. The second-order valence-electron chi connectivity index (χ2n) is 6.80. The number of fused-ring (bicyclic) bond motifs is 1. The number of methoxy groups -OCH3 is 1. The number of carbonyl (C=O) groups excluding carboxylic acids is 2. The van der Waals surface area contributed by atoms with Gasteiger partial charge in [-0.15, -0.1) is 11.3 Å². The normalized spacial score (nSPS) is 19.1. The summed E-state index contributed by atoms with van der Waals surface area (Å²) in [5.74, 6) is -0.107. The minimum Gasteiger partial charge on any atom is -0.444 e. The Kier molecular flexibility index (Phi) is 5.81. The van der Waals surface area contributed by atoms with Gasteiger partial charge >= 0.3 is 6.09 Å². The van der Waals surface area contributed by atoms with Crippen LogP contribution in [0, 0.1) is 5.92 Å². The van der Waals surface area contributed by atoms with E-state index >= 15 is 0 Å². The molecule has 0 aliphatic heterocycles. The Morgan fingerprint density at radius 1 is 1.48 bits per heavy atom. The zero-order valence-corrected chi connectivity index (χ0v) is 15.0. The summed E-state index contributed by atoms with van der Waals surface area (Å²) in [6, 6.07) is 1.61. The molecule has 0 spiro atoms. The van der Waals surface area contributed by atoms with Crippen LogP contribution in [0.25, 0.3) is 0 Å². The number of amides is 1. The second-order valence-corrected chi connectivity index (χ2v) is 7.80. The summed E-state index contributed by atoms with van der Waals surface area (Å²) in [6.07, 6.45) is 1.73. The zero-order valence-electron chi connectivity index (χ0n) is 14.2. The predicted molar refractivity (Wildman–Crippen MR) is 90.1 cm³/mol. The van der Waals surface area contributed by atoms with Crippen molar-refractivity contribution < 1.29 is 19.1 Å². The number of rotatable bonds is 5. The van der Waals surface area contributed by atoms with E-state index in [2.05, 4.69) is 5.32 Å². The maximum atomic E-state index is 12.7. The molecular formula is C17H25NO4S. The van der Waals surface area contributed by atoms with Crippen molar-refractivity contribution in [1.29, 1.82) is 0 Å². The van der Waals surface area contributed by atoms with Gasteiger partial charge in [0.2, 0.25) is 0 Å². The molecule has 2 atom stereocenters. The Labute approximate surface area is 141 Å². The summed E-state index contributed by atoms with van der Waals surface area (Å²) in [6.45, 7) is 5.95. The fraction of sp³-hybridized carbons (Fsp3) is 0.647. The van der Waals surface area contributed by atoms with Crippen LogP contribution in [0.15, 0.2) is 11.4 Å². The Bertz CT molecular complexity index is 561. The fourth-order valence-electron chi connectivity index (χ4n) is 2.83. The van der Waals surface area contributed by atoms with Crippen LogP contribution in [-0.4, -0.2) is 37.2 Å². The lowest BCUT2D eigenvalue weighted by Crippen LogP contribution is -2.47. The number of hydrogen-bond donors (Lipinski definition) is 1. The zero-order chi connectivity index (χ0) is 17.0. The fourth-order valence-corrected chi connectivity index (χ4v) is 3.73. The number of ether oxygens (including phenoxy) is 2. The average Bonchev–Trinajstić information content (AvgIpc) is 2.91. The van der Waals surface area contributed by atoms with Gasteiger partial charge in [0.25, 0.3) is 0 Å². The van der Waals surface area contributed by atoms with Crippen LogP contribution < -0.4 is 5.32 Å². The van der Waals surface area contributed by atoms with Crippen LogP contribution in [0.4, 0.5) is 4.79 Å². The molecule has 0 saturated carbocycles. The molecule has 1 aliphatic carbocycles. The van der Waals surface area contributed by atoms with Crippen molar-refractivity contribution in [2.24, 2.45) is 5.92 Å². The van der Waals surface area contributed by atoms with Crippen LogP contribution in [0.1, 0.15) is 48.8 Å². The first-order chi connectivity index (χ1) is 10.8. The van der Waals surface area contributed by atoms with E-state index in [0.29, 0.717) is 13.0 Å². The lowest BCUT2D eigenvalue weighted by Gasteiger charge is -2.30. The van der Waals surface area contributed by atoms with Crippen molar-refractivity contribution in [2.45, 2.75) is 51.7 Å². The summed E-state index contributed by atoms with van der Waals surface area (Å²) in [5, 5.41) is 4.83. The molecule has 1 N–H and O–H groups in total. The van der Waals surface area contributed by atoms with E-state index in [-0.39, 0.29) is 17.7 Å². The van der Waals surface area contributed by atoms with E-state index in [1.807, 2.05) is 32.2 Å². The summed E-state index contributed by atoms with van der Waals surface area (Å²) >= 11 is 1.62. The lowest BCUT2D eigenvalue weighted by atomic mass is 9.81. The smallest absolute Gasteiger partial charge is 0.407 e. The highest BCUT2D eigenvalue weighted by Gasteiger charge is 2.35. The highest BCUT2D eigenvalue weighted by atomic mass is 32.1. The molecule has 0 aromatic carbocycles. The molecule has 6 heteroatoms. The predicted octanol–water partition coefficient (Wildman–Crippen LogP) is 3.42. The van der Waals surface area contributed by atoms with E-state index in [1.54, 1.807) is 18.4 Å². The molecule has 0 bridgehead atoms. The van der Waals surface area contributed by atoms with Gasteiger partial charge in [0.15, 0.2) is 5.78 Å². The van der Waals surface area contributed by atoms with Gasteiger partial charge in [-0.25, -0.2) is 4.79 Å². The first-order valence-electron chi connectivity index (χ1n) is 7.91. The number of alkyl carbamates (subject to hydrolysis) is 1. The van der Waals surface area contributed by atoms with Crippen molar-refractivity contribution in [3.63, 3.8) is 0 Å². The maximum absolute atomic E-state index is 12.7. The Hall–Kier alpha value is -1.40. The summed E-state index contributed by atoms with van der Waals surface area (Å²) in [4.78, 5) is 26.0. The molecule has 2 unspecified atom stereocenters. The second kappa shape index (κ2) is 7.45. The molecule has 2 rings (SSSR count). The number of carbonyl (C=O) groups is 2. The highest BCUT2D eigenvalue weighted by molar-refractivity contribution is 7.10. The van der Waals surface area contributed by atoms with Crippen LogP contribution in [0.5, 0.6) is 0 Å². The number of ketones is 1. The van der Waals surface area contributed by atoms with Crippen molar-refractivity contribution >= 4 is 23.2 Å². The van der Waals surface area contributed by atoms with E-state index in [0.717, 1.165) is 23.3 Å². The molecular weight excluding hydrogens is 314 g/mol. The molecule has 0 saturated heterocycles. The van der Waals surface area contributed by atoms with Gasteiger partial charge < -0.3 is 14.8 Å². The first kappa shape index (κ1) is 17.9. The maximum Gasteiger partial charge on any atom is 0.407 e. The van der Waals surface area contributed by atoms with Gasteiger partial charge in [-0.1, -0.05) is 0 Å². The topological polar surface area (TPSA) is 64.6 Å². The molecule has 1 aliphatic rings. The van der Waals surface area contributed by atoms with Gasteiger partial charge in [-0.2, -0.15) is 0 Å². The van der Waals surface area contributed by atoms with Gasteiger partial charge in [-0.05, 0) is 51.5 Å². The van der Waals surface area contributed by atoms with E-state index < -0.39 is 11.7 Å². The van der Waals surface area contributed by atoms with Crippen molar-refractivity contribution in [3.05, 3.63) is 21.9 Å². The van der Waals surface area contributed by atoms with Crippen LogP contribution >= 0.6 is 11.3 Å². The standard InChI is InChI=1S/C17H25NO4S/c1-17(2,3)22-16(20)18-13(7-9-21-4)11-5-6-14-12(15(11)19)8-10-23-14/h8,10-11,13H,5-7,9H2,1-4H3,(H,18,20). The lowest BCUT2D eigenvalue weighted by molar-refractivity contribution is 0.0462. The van der Waals surface area contributed by atoms with E-state index in [1.165, 1.54) is 0 Å². The Morgan fingerprint density at radius 3 is 2.87 bits per heavy atom. The molecule has 0 fully saturated rings. The van der Waals surface area contributed by atoms with Gasteiger partial charge in [0.05, 0.1) is 0 Å². The van der Waals surface area contributed by atoms with Crippen LogP contribution in [0.2, 0.25) is 0 Å². The summed E-state index contributed by atoms with van der Waals surface area (Å²) in [5.41, 5.74) is 0.243. The molecule has 23 heavy (non-hydrogen) atoms. The molecule has 5 nitrogen and oxygen atoms in total.